The molecule has 1 aromatic rings. The van der Waals surface area contributed by atoms with Gasteiger partial charge in [-0.25, -0.2) is 0 Å². The molecule has 0 bridgehead atoms. The molecule has 28 heavy (non-hydrogen) atoms. The highest BCUT2D eigenvalue weighted by atomic mass is 32.2. The maximum atomic E-state index is 12.6. The fourth-order valence-electron chi connectivity index (χ4n) is 3.82. The van der Waals surface area contributed by atoms with Gasteiger partial charge in [0.2, 0.25) is 5.91 Å². The Morgan fingerprint density at radius 2 is 1.82 bits per heavy atom. The topological polar surface area (TPSA) is 51.2 Å². The average Bonchev–Trinajstić information content (AvgIpc) is 2.71. The maximum absolute atomic E-state index is 12.6. The number of thioether (sulfide) groups is 1. The minimum Gasteiger partial charge on any atom is -0.368 e. The molecular weight excluding hydrogens is 370 g/mol. The number of guanidine groups is 1. The third kappa shape index (κ3) is 5.56. The lowest BCUT2D eigenvalue weighted by Crippen LogP contribution is -2.52. The highest BCUT2D eigenvalue weighted by molar-refractivity contribution is 8.00. The van der Waals surface area contributed by atoms with Crippen molar-refractivity contribution in [3.8, 4) is 0 Å². The second kappa shape index (κ2) is 9.54. The van der Waals surface area contributed by atoms with Gasteiger partial charge in [0, 0.05) is 75.5 Å². The summed E-state index contributed by atoms with van der Waals surface area (Å²) >= 11 is 2.01. The zero-order valence-electron chi connectivity index (χ0n) is 17.4. The van der Waals surface area contributed by atoms with Gasteiger partial charge in [-0.2, -0.15) is 11.8 Å². The first kappa shape index (κ1) is 20.8. The third-order valence-corrected chi connectivity index (χ3v) is 6.61. The molecule has 0 atom stereocenters. The molecule has 0 spiro atoms. The van der Waals surface area contributed by atoms with E-state index in [4.69, 9.17) is 0 Å². The molecule has 0 unspecified atom stereocenters. The van der Waals surface area contributed by atoms with Gasteiger partial charge in [-0.3, -0.25) is 9.79 Å². The molecule has 3 rings (SSSR count). The molecule has 1 aromatic carbocycles. The standard InChI is InChI=1S/C21H33N5OS/c1-21(2)17-26(15-16-28-21)20(22-3)23-10-9-19(27)25-13-11-24(12-14-25)18-7-5-4-6-8-18/h4-8H,9-17H2,1-3H3,(H,22,23). The molecule has 0 aliphatic carbocycles. The number of amides is 1. The number of nitrogens with zero attached hydrogens (tertiary/aromatic N) is 4. The fourth-order valence-corrected chi connectivity index (χ4v) is 4.93. The number of para-hydroxylation sites is 1. The summed E-state index contributed by atoms with van der Waals surface area (Å²) in [5.74, 6) is 2.25. The molecule has 0 saturated carbocycles. The summed E-state index contributed by atoms with van der Waals surface area (Å²) in [7, 11) is 1.82. The zero-order chi connectivity index (χ0) is 20.0. The zero-order valence-corrected chi connectivity index (χ0v) is 18.2. The van der Waals surface area contributed by atoms with Crippen LogP contribution in [0.3, 0.4) is 0 Å². The van der Waals surface area contributed by atoms with E-state index < -0.39 is 0 Å². The van der Waals surface area contributed by atoms with E-state index in [2.05, 4.69) is 58.2 Å². The molecular formula is C21H33N5OS. The molecule has 2 heterocycles. The van der Waals surface area contributed by atoms with Crippen LogP contribution in [-0.4, -0.2) is 85.0 Å². The molecule has 0 radical (unpaired) electrons. The van der Waals surface area contributed by atoms with Gasteiger partial charge in [0.15, 0.2) is 5.96 Å². The molecule has 1 amide bonds. The van der Waals surface area contributed by atoms with Crippen LogP contribution in [0.4, 0.5) is 5.69 Å². The smallest absolute Gasteiger partial charge is 0.224 e. The Kier molecular flexibility index (Phi) is 7.10. The van der Waals surface area contributed by atoms with E-state index in [1.54, 1.807) is 0 Å². The van der Waals surface area contributed by atoms with Crippen molar-refractivity contribution in [2.24, 2.45) is 4.99 Å². The molecule has 0 aromatic heterocycles. The number of aliphatic imine (C=N–C) groups is 1. The minimum atomic E-state index is 0.227. The maximum Gasteiger partial charge on any atom is 0.224 e. The summed E-state index contributed by atoms with van der Waals surface area (Å²) in [6.07, 6.45) is 0.510. The monoisotopic (exact) mass is 403 g/mol. The van der Waals surface area contributed by atoms with Crippen LogP contribution >= 0.6 is 11.8 Å². The largest absolute Gasteiger partial charge is 0.368 e. The van der Waals surface area contributed by atoms with E-state index in [9.17, 15) is 4.79 Å². The molecule has 2 fully saturated rings. The number of piperazine rings is 1. The van der Waals surface area contributed by atoms with Crippen molar-refractivity contribution >= 4 is 29.3 Å². The Bertz CT molecular complexity index is 671. The van der Waals surface area contributed by atoms with E-state index in [1.807, 2.05) is 29.8 Å². The van der Waals surface area contributed by atoms with Crippen molar-refractivity contribution in [3.63, 3.8) is 0 Å². The summed E-state index contributed by atoms with van der Waals surface area (Å²) in [6, 6.07) is 10.4. The van der Waals surface area contributed by atoms with Crippen molar-refractivity contribution in [2.75, 3.05) is 63.5 Å². The predicted octanol–water partition coefficient (Wildman–Crippen LogP) is 2.13. The molecule has 6 nitrogen and oxygen atoms in total. The Hall–Kier alpha value is -1.89. The highest BCUT2D eigenvalue weighted by Crippen LogP contribution is 2.29. The molecule has 2 saturated heterocycles. The van der Waals surface area contributed by atoms with E-state index in [0.29, 0.717) is 13.0 Å². The van der Waals surface area contributed by atoms with Crippen LogP contribution in [0.2, 0.25) is 0 Å². The minimum absolute atomic E-state index is 0.227. The normalized spacial score (nSPS) is 20.2. The van der Waals surface area contributed by atoms with Crippen LogP contribution in [0.15, 0.2) is 35.3 Å². The van der Waals surface area contributed by atoms with Crippen molar-refractivity contribution < 1.29 is 4.79 Å². The quantitative estimate of drug-likeness (QED) is 0.617. The number of anilines is 1. The van der Waals surface area contributed by atoms with Crippen LogP contribution in [-0.2, 0) is 4.79 Å². The van der Waals surface area contributed by atoms with Crippen LogP contribution in [0.1, 0.15) is 20.3 Å². The van der Waals surface area contributed by atoms with Crippen LogP contribution in [0, 0.1) is 0 Å². The van der Waals surface area contributed by atoms with Gasteiger partial charge in [0.05, 0.1) is 0 Å². The second-order valence-corrected chi connectivity index (χ2v) is 9.76. The van der Waals surface area contributed by atoms with Crippen molar-refractivity contribution in [1.82, 2.24) is 15.1 Å². The first-order chi connectivity index (χ1) is 13.5. The van der Waals surface area contributed by atoms with E-state index in [1.165, 1.54) is 5.69 Å². The van der Waals surface area contributed by atoms with Gasteiger partial charge in [-0.05, 0) is 26.0 Å². The van der Waals surface area contributed by atoms with Crippen molar-refractivity contribution in [3.05, 3.63) is 30.3 Å². The summed E-state index contributed by atoms with van der Waals surface area (Å²) in [6.45, 7) is 10.5. The number of benzene rings is 1. The van der Waals surface area contributed by atoms with Gasteiger partial charge in [0.25, 0.3) is 0 Å². The van der Waals surface area contributed by atoms with Gasteiger partial charge in [-0.1, -0.05) is 18.2 Å². The van der Waals surface area contributed by atoms with E-state index >= 15 is 0 Å². The SMILES string of the molecule is CN=C(NCCC(=O)N1CCN(c2ccccc2)CC1)N1CCSC(C)(C)C1. The fraction of sp³-hybridized carbons (Fsp3) is 0.619. The van der Waals surface area contributed by atoms with Gasteiger partial charge in [-0.15, -0.1) is 0 Å². The lowest BCUT2D eigenvalue weighted by atomic mass is 10.2. The lowest BCUT2D eigenvalue weighted by molar-refractivity contribution is -0.131. The molecule has 2 aliphatic rings. The molecule has 7 heteroatoms. The van der Waals surface area contributed by atoms with Crippen LogP contribution < -0.4 is 10.2 Å². The summed E-state index contributed by atoms with van der Waals surface area (Å²) in [5, 5.41) is 3.39. The Balaban J connectivity index is 1.41. The van der Waals surface area contributed by atoms with Crippen LogP contribution in [0.5, 0.6) is 0 Å². The van der Waals surface area contributed by atoms with Gasteiger partial charge < -0.3 is 20.0 Å². The predicted molar refractivity (Wildman–Crippen MR) is 119 cm³/mol. The van der Waals surface area contributed by atoms with Gasteiger partial charge in [0.1, 0.15) is 0 Å². The van der Waals surface area contributed by atoms with Gasteiger partial charge >= 0.3 is 0 Å². The lowest BCUT2D eigenvalue weighted by Gasteiger charge is -2.39. The Labute approximate surface area is 173 Å². The first-order valence-corrected chi connectivity index (χ1v) is 11.1. The van der Waals surface area contributed by atoms with E-state index in [0.717, 1.165) is 51.0 Å². The summed E-state index contributed by atoms with van der Waals surface area (Å²) < 4.78 is 0.240. The average molecular weight is 404 g/mol. The highest BCUT2D eigenvalue weighted by Gasteiger charge is 2.28. The number of rotatable bonds is 4. The number of hydrogen-bond donors (Lipinski definition) is 1. The second-order valence-electron chi connectivity index (χ2n) is 7.96. The third-order valence-electron chi connectivity index (χ3n) is 5.31. The van der Waals surface area contributed by atoms with E-state index in [-0.39, 0.29) is 10.7 Å². The van der Waals surface area contributed by atoms with Crippen molar-refractivity contribution in [1.29, 1.82) is 0 Å². The summed E-state index contributed by atoms with van der Waals surface area (Å²) in [5.41, 5.74) is 1.24. The molecule has 2 aliphatic heterocycles. The molecule has 1 N–H and O–H groups in total. The summed E-state index contributed by atoms with van der Waals surface area (Å²) in [4.78, 5) is 23.7. The number of hydrogen-bond acceptors (Lipinski definition) is 4. The van der Waals surface area contributed by atoms with Crippen LogP contribution in [0.25, 0.3) is 0 Å². The number of nitrogens with one attached hydrogen (secondary N) is 1. The molecule has 154 valence electrons. The van der Waals surface area contributed by atoms with Crippen molar-refractivity contribution in [2.45, 2.75) is 25.0 Å². The number of carbonyl (C=O) groups excluding carboxylic acids is 1. The Morgan fingerprint density at radius 1 is 1.11 bits per heavy atom. The number of carbonyl (C=O) groups is 1. The first-order valence-electron chi connectivity index (χ1n) is 10.2. The Morgan fingerprint density at radius 3 is 2.46 bits per heavy atom.